The van der Waals surface area contributed by atoms with Gasteiger partial charge in [0.2, 0.25) is 5.91 Å². The van der Waals surface area contributed by atoms with Crippen LogP contribution in [0.4, 0.5) is 5.82 Å². The molecule has 0 saturated heterocycles. The van der Waals surface area contributed by atoms with Crippen molar-refractivity contribution in [1.82, 2.24) is 20.0 Å². The summed E-state index contributed by atoms with van der Waals surface area (Å²) in [6.07, 6.45) is 6.49. The first-order chi connectivity index (χ1) is 17.9. The van der Waals surface area contributed by atoms with Crippen LogP contribution in [0.1, 0.15) is 29.7 Å². The number of halogens is 1. The lowest BCUT2D eigenvalue weighted by atomic mass is 10.1. The minimum Gasteiger partial charge on any atom is -0.480 e. The Morgan fingerprint density at radius 3 is 2.68 bits per heavy atom. The van der Waals surface area contributed by atoms with Crippen LogP contribution in [0, 0.1) is 12.8 Å². The molecule has 1 fully saturated rings. The second kappa shape index (κ2) is 11.9. The van der Waals surface area contributed by atoms with Gasteiger partial charge in [0.25, 0.3) is 5.91 Å². The van der Waals surface area contributed by atoms with Crippen LogP contribution in [0.3, 0.4) is 0 Å². The van der Waals surface area contributed by atoms with Gasteiger partial charge in [-0.3, -0.25) is 24.8 Å². The molecule has 1 unspecified atom stereocenters. The van der Waals surface area contributed by atoms with Crippen molar-refractivity contribution in [2.45, 2.75) is 38.7 Å². The standard InChI is InChI=1S/C26H29ClN6O4/c1-16-15-31-24(30-12-9-17-7-10-29-11-8-17)26(36)33(16)32-25(35)23(18-3-4-18)37-21-6-5-20(27)13-19(21)14-22(34)28-2/h5-8,10-11,13,15,18,23H,3-4,9,12,14H2,1-2H3,(H,28,34)(H,30,31)(H,32,35). The molecule has 0 spiro atoms. The summed E-state index contributed by atoms with van der Waals surface area (Å²) >= 11 is 6.13. The maximum absolute atomic E-state index is 13.3. The fourth-order valence-corrected chi connectivity index (χ4v) is 4.00. The molecule has 0 bridgehead atoms. The number of aryl methyl sites for hydroxylation is 1. The summed E-state index contributed by atoms with van der Waals surface area (Å²) in [5.74, 6) is -0.129. The minimum atomic E-state index is -0.841. The van der Waals surface area contributed by atoms with Crippen LogP contribution in [-0.2, 0) is 22.4 Å². The highest BCUT2D eigenvalue weighted by Crippen LogP contribution is 2.36. The number of carbonyl (C=O) groups is 2. The van der Waals surface area contributed by atoms with Gasteiger partial charge in [0, 0.05) is 42.5 Å². The van der Waals surface area contributed by atoms with Gasteiger partial charge < -0.3 is 15.4 Å². The Labute approximate surface area is 219 Å². The smallest absolute Gasteiger partial charge is 0.312 e. The van der Waals surface area contributed by atoms with Crippen molar-refractivity contribution < 1.29 is 14.3 Å². The van der Waals surface area contributed by atoms with Crippen LogP contribution >= 0.6 is 11.6 Å². The maximum atomic E-state index is 13.3. The number of ether oxygens (including phenoxy) is 1. The van der Waals surface area contributed by atoms with E-state index in [4.69, 9.17) is 16.3 Å². The number of amides is 2. The molecule has 4 rings (SSSR count). The Bertz CT molecular complexity index is 1330. The van der Waals surface area contributed by atoms with E-state index in [-0.39, 0.29) is 24.1 Å². The number of rotatable bonds is 11. The van der Waals surface area contributed by atoms with E-state index in [1.807, 2.05) is 12.1 Å². The van der Waals surface area contributed by atoms with E-state index in [1.165, 1.54) is 10.9 Å². The average Bonchev–Trinajstić information content (AvgIpc) is 3.73. The Morgan fingerprint density at radius 1 is 1.22 bits per heavy atom. The third-order valence-corrected chi connectivity index (χ3v) is 6.27. The fourth-order valence-electron chi connectivity index (χ4n) is 3.81. The van der Waals surface area contributed by atoms with E-state index in [0.29, 0.717) is 35.0 Å². The second-order valence-corrected chi connectivity index (χ2v) is 9.31. The number of pyridine rings is 1. The number of nitrogens with zero attached hydrogens (tertiary/aromatic N) is 3. The molecule has 3 aromatic rings. The van der Waals surface area contributed by atoms with Gasteiger partial charge in [0.1, 0.15) is 5.75 Å². The van der Waals surface area contributed by atoms with Gasteiger partial charge in [-0.1, -0.05) is 11.6 Å². The molecule has 0 radical (unpaired) electrons. The molecule has 1 aromatic carbocycles. The third kappa shape index (κ3) is 6.85. The molecule has 1 aliphatic rings. The van der Waals surface area contributed by atoms with Crippen molar-refractivity contribution in [3.63, 3.8) is 0 Å². The Balaban J connectivity index is 1.49. The third-order valence-electron chi connectivity index (χ3n) is 6.03. The van der Waals surface area contributed by atoms with E-state index < -0.39 is 17.6 Å². The lowest BCUT2D eigenvalue weighted by Crippen LogP contribution is -2.44. The molecular weight excluding hydrogens is 496 g/mol. The predicted molar refractivity (Wildman–Crippen MR) is 140 cm³/mol. The zero-order chi connectivity index (χ0) is 26.4. The molecule has 37 heavy (non-hydrogen) atoms. The summed E-state index contributed by atoms with van der Waals surface area (Å²) in [5, 5.41) is 6.08. The number of benzene rings is 1. The van der Waals surface area contributed by atoms with Crippen molar-refractivity contribution in [3.8, 4) is 5.75 Å². The Morgan fingerprint density at radius 2 is 1.97 bits per heavy atom. The van der Waals surface area contributed by atoms with Crippen molar-refractivity contribution in [2.75, 3.05) is 24.3 Å². The number of nitrogens with one attached hydrogen (secondary N) is 3. The van der Waals surface area contributed by atoms with Gasteiger partial charge in [-0.15, -0.1) is 0 Å². The first kappa shape index (κ1) is 26.2. The number of aromatic nitrogens is 3. The highest BCUT2D eigenvalue weighted by Gasteiger charge is 2.39. The molecular formula is C26H29ClN6O4. The number of likely N-dealkylation sites (N-methyl/N-ethyl adjacent to an activating group) is 1. The molecule has 2 heterocycles. The quantitative estimate of drug-likeness (QED) is 0.351. The van der Waals surface area contributed by atoms with E-state index in [9.17, 15) is 14.4 Å². The van der Waals surface area contributed by atoms with Crippen LogP contribution in [0.15, 0.2) is 53.7 Å². The van der Waals surface area contributed by atoms with Crippen molar-refractivity contribution in [1.29, 1.82) is 0 Å². The van der Waals surface area contributed by atoms with Crippen LogP contribution in [0.5, 0.6) is 5.75 Å². The lowest BCUT2D eigenvalue weighted by Gasteiger charge is -2.22. The zero-order valence-corrected chi connectivity index (χ0v) is 21.4. The molecule has 1 atom stereocenters. The van der Waals surface area contributed by atoms with Crippen molar-refractivity contribution in [3.05, 3.63) is 81.1 Å². The van der Waals surface area contributed by atoms with Crippen LogP contribution < -0.4 is 26.4 Å². The summed E-state index contributed by atoms with van der Waals surface area (Å²) in [6.45, 7) is 2.17. The van der Waals surface area contributed by atoms with Gasteiger partial charge in [-0.25, -0.2) is 9.66 Å². The minimum absolute atomic E-state index is 0.000618. The van der Waals surface area contributed by atoms with Gasteiger partial charge in [0.05, 0.1) is 18.3 Å². The van der Waals surface area contributed by atoms with Gasteiger partial charge >= 0.3 is 5.56 Å². The van der Waals surface area contributed by atoms with Crippen molar-refractivity contribution in [2.24, 2.45) is 5.92 Å². The summed E-state index contributed by atoms with van der Waals surface area (Å²) < 4.78 is 7.30. The Hall–Kier alpha value is -3.92. The van der Waals surface area contributed by atoms with Crippen LogP contribution in [-0.4, -0.2) is 46.2 Å². The number of hydrogen-bond acceptors (Lipinski definition) is 7. The lowest BCUT2D eigenvalue weighted by molar-refractivity contribution is -0.124. The summed E-state index contributed by atoms with van der Waals surface area (Å²) in [4.78, 5) is 46.6. The summed E-state index contributed by atoms with van der Waals surface area (Å²) in [5.41, 5.74) is 4.35. The first-order valence-corrected chi connectivity index (χ1v) is 12.4. The SMILES string of the molecule is CNC(=O)Cc1cc(Cl)ccc1OC(C(=O)Nn1c(C)cnc(NCCc2ccncc2)c1=O)C1CC1. The van der Waals surface area contributed by atoms with E-state index in [2.05, 4.69) is 26.0 Å². The van der Waals surface area contributed by atoms with E-state index >= 15 is 0 Å². The van der Waals surface area contributed by atoms with Gasteiger partial charge in [-0.05, 0) is 62.1 Å². The molecule has 194 valence electrons. The molecule has 2 amide bonds. The molecule has 1 saturated carbocycles. The summed E-state index contributed by atoms with van der Waals surface area (Å²) in [7, 11) is 1.55. The van der Waals surface area contributed by atoms with Crippen molar-refractivity contribution >= 4 is 29.2 Å². The monoisotopic (exact) mass is 524 g/mol. The molecule has 1 aliphatic carbocycles. The van der Waals surface area contributed by atoms with Crippen LogP contribution in [0.25, 0.3) is 0 Å². The molecule has 2 aromatic heterocycles. The molecule has 0 aliphatic heterocycles. The van der Waals surface area contributed by atoms with Gasteiger partial charge in [0.15, 0.2) is 11.9 Å². The van der Waals surface area contributed by atoms with Crippen LogP contribution in [0.2, 0.25) is 5.02 Å². The second-order valence-electron chi connectivity index (χ2n) is 8.87. The average molecular weight is 525 g/mol. The first-order valence-electron chi connectivity index (χ1n) is 12.0. The fraction of sp³-hybridized carbons (Fsp3) is 0.346. The maximum Gasteiger partial charge on any atom is 0.312 e. The predicted octanol–water partition coefficient (Wildman–Crippen LogP) is 2.47. The summed E-state index contributed by atoms with van der Waals surface area (Å²) in [6, 6.07) is 8.75. The largest absolute Gasteiger partial charge is 0.480 e. The number of hydrogen-bond donors (Lipinski definition) is 3. The highest BCUT2D eigenvalue weighted by molar-refractivity contribution is 6.30. The molecule has 10 nitrogen and oxygen atoms in total. The van der Waals surface area contributed by atoms with Gasteiger partial charge in [-0.2, -0.15) is 0 Å². The van der Waals surface area contributed by atoms with E-state index in [1.54, 1.807) is 44.6 Å². The Kier molecular flexibility index (Phi) is 8.39. The topological polar surface area (TPSA) is 127 Å². The molecule has 3 N–H and O–H groups in total. The van der Waals surface area contributed by atoms with E-state index in [0.717, 1.165) is 18.4 Å². The highest BCUT2D eigenvalue weighted by atomic mass is 35.5. The molecule has 11 heteroatoms. The zero-order valence-electron chi connectivity index (χ0n) is 20.7. The number of carbonyl (C=O) groups excluding carboxylic acids is 2. The normalized spacial score (nSPS) is 13.5. The number of anilines is 1.